The highest BCUT2D eigenvalue weighted by molar-refractivity contribution is 7.07. The Kier molecular flexibility index (Phi) is 5.32. The molecular formula is C14H21N5OS. The third kappa shape index (κ3) is 4.04. The van der Waals surface area contributed by atoms with Crippen molar-refractivity contribution in [3.05, 3.63) is 32.1 Å². The van der Waals surface area contributed by atoms with E-state index >= 15 is 0 Å². The lowest BCUT2D eigenvalue weighted by atomic mass is 10.2. The van der Waals surface area contributed by atoms with Gasteiger partial charge < -0.3 is 15.6 Å². The summed E-state index contributed by atoms with van der Waals surface area (Å²) in [4.78, 5) is 23.0. The fourth-order valence-electron chi connectivity index (χ4n) is 1.99. The number of aromatic nitrogens is 3. The van der Waals surface area contributed by atoms with Crippen LogP contribution < -0.4 is 15.5 Å². The maximum atomic E-state index is 11.1. The second-order valence-corrected chi connectivity index (χ2v) is 5.61. The van der Waals surface area contributed by atoms with Crippen molar-refractivity contribution in [2.75, 3.05) is 17.2 Å². The zero-order valence-electron chi connectivity index (χ0n) is 12.6. The first-order chi connectivity index (χ1) is 10.1. The second-order valence-electron chi connectivity index (χ2n) is 4.77. The van der Waals surface area contributed by atoms with Crippen LogP contribution in [0.4, 0.5) is 11.6 Å². The van der Waals surface area contributed by atoms with Crippen molar-refractivity contribution in [1.82, 2.24) is 15.0 Å². The number of thiazole rings is 1. The van der Waals surface area contributed by atoms with Crippen molar-refractivity contribution < 1.29 is 0 Å². The predicted octanol–water partition coefficient (Wildman–Crippen LogP) is 2.53. The van der Waals surface area contributed by atoms with Crippen LogP contribution in [0, 0.1) is 6.92 Å². The summed E-state index contributed by atoms with van der Waals surface area (Å²) in [7, 11) is 0. The standard InChI is InChI=1S/C14H21N5OS/c1-4-6-11-18-12(15-5-2)9(3)13(19-11)16-7-10-8-21-14(20)17-10/h8H,4-7H2,1-3H3,(H,17,20)(H2,15,16,18,19). The average Bonchev–Trinajstić information content (AvgIpc) is 2.87. The van der Waals surface area contributed by atoms with E-state index < -0.39 is 0 Å². The number of rotatable bonds is 7. The smallest absolute Gasteiger partial charge is 0.304 e. The van der Waals surface area contributed by atoms with Gasteiger partial charge in [-0.05, 0) is 20.3 Å². The minimum absolute atomic E-state index is 0.0359. The zero-order chi connectivity index (χ0) is 15.2. The summed E-state index contributed by atoms with van der Waals surface area (Å²) in [5.74, 6) is 2.52. The molecule has 6 nitrogen and oxygen atoms in total. The largest absolute Gasteiger partial charge is 0.370 e. The summed E-state index contributed by atoms with van der Waals surface area (Å²) in [5, 5.41) is 8.38. The highest BCUT2D eigenvalue weighted by Gasteiger charge is 2.10. The number of anilines is 2. The average molecular weight is 307 g/mol. The van der Waals surface area contributed by atoms with Crippen LogP contribution in [0.3, 0.4) is 0 Å². The van der Waals surface area contributed by atoms with Crippen molar-refractivity contribution in [1.29, 1.82) is 0 Å². The molecule has 7 heteroatoms. The Morgan fingerprint density at radius 2 is 1.95 bits per heavy atom. The molecule has 2 rings (SSSR count). The zero-order valence-corrected chi connectivity index (χ0v) is 13.4. The van der Waals surface area contributed by atoms with Crippen LogP contribution in [0.5, 0.6) is 0 Å². The highest BCUT2D eigenvalue weighted by Crippen LogP contribution is 2.21. The maximum Gasteiger partial charge on any atom is 0.304 e. The molecule has 0 unspecified atom stereocenters. The SMILES string of the molecule is CCCc1nc(NCC)c(C)c(NCc2csc(=O)[nH]2)n1. The third-order valence-corrected chi connectivity index (χ3v) is 3.75. The van der Waals surface area contributed by atoms with E-state index in [9.17, 15) is 4.79 Å². The van der Waals surface area contributed by atoms with Crippen LogP contribution in [0.1, 0.15) is 37.4 Å². The Morgan fingerprint density at radius 3 is 2.52 bits per heavy atom. The normalized spacial score (nSPS) is 10.6. The van der Waals surface area contributed by atoms with Crippen LogP contribution in [0.25, 0.3) is 0 Å². The van der Waals surface area contributed by atoms with Gasteiger partial charge in [-0.15, -0.1) is 0 Å². The molecule has 0 saturated carbocycles. The molecule has 0 amide bonds. The van der Waals surface area contributed by atoms with E-state index in [1.807, 2.05) is 19.2 Å². The topological polar surface area (TPSA) is 82.7 Å². The molecule has 0 bridgehead atoms. The predicted molar refractivity (Wildman–Crippen MR) is 87.2 cm³/mol. The van der Waals surface area contributed by atoms with Gasteiger partial charge in [0, 0.05) is 29.6 Å². The van der Waals surface area contributed by atoms with Gasteiger partial charge in [0.25, 0.3) is 0 Å². The Bertz CT molecular complexity index is 649. The van der Waals surface area contributed by atoms with Gasteiger partial charge in [0.2, 0.25) is 0 Å². The van der Waals surface area contributed by atoms with Crippen molar-refractivity contribution in [3.63, 3.8) is 0 Å². The Morgan fingerprint density at radius 1 is 1.24 bits per heavy atom. The van der Waals surface area contributed by atoms with E-state index in [0.717, 1.165) is 48.1 Å². The van der Waals surface area contributed by atoms with Crippen molar-refractivity contribution in [3.8, 4) is 0 Å². The van der Waals surface area contributed by atoms with Crippen molar-refractivity contribution in [2.24, 2.45) is 0 Å². The van der Waals surface area contributed by atoms with Crippen LogP contribution >= 0.6 is 11.3 Å². The number of H-pyrrole nitrogens is 1. The minimum Gasteiger partial charge on any atom is -0.370 e. The lowest BCUT2D eigenvalue weighted by Crippen LogP contribution is -2.11. The molecule has 2 aromatic heterocycles. The molecule has 0 aromatic carbocycles. The van der Waals surface area contributed by atoms with E-state index in [1.165, 1.54) is 11.3 Å². The monoisotopic (exact) mass is 307 g/mol. The van der Waals surface area contributed by atoms with Crippen LogP contribution in [0.15, 0.2) is 10.2 Å². The fraction of sp³-hybridized carbons (Fsp3) is 0.500. The first kappa shape index (κ1) is 15.5. The Labute approximate surface area is 128 Å². The van der Waals surface area contributed by atoms with E-state index in [1.54, 1.807) is 0 Å². The molecule has 0 aliphatic rings. The maximum absolute atomic E-state index is 11.1. The summed E-state index contributed by atoms with van der Waals surface area (Å²) < 4.78 is 0. The third-order valence-electron chi connectivity index (χ3n) is 3.03. The van der Waals surface area contributed by atoms with Crippen LogP contribution in [0.2, 0.25) is 0 Å². The van der Waals surface area contributed by atoms with E-state index in [-0.39, 0.29) is 4.87 Å². The first-order valence-electron chi connectivity index (χ1n) is 7.16. The first-order valence-corrected chi connectivity index (χ1v) is 8.04. The lowest BCUT2D eigenvalue weighted by molar-refractivity contribution is 0.829. The summed E-state index contributed by atoms with van der Waals surface area (Å²) in [6.07, 6.45) is 1.86. The van der Waals surface area contributed by atoms with Gasteiger partial charge in [-0.1, -0.05) is 18.3 Å². The lowest BCUT2D eigenvalue weighted by Gasteiger charge is -2.14. The molecule has 2 heterocycles. The molecule has 2 aromatic rings. The molecule has 0 spiro atoms. The van der Waals surface area contributed by atoms with Gasteiger partial charge in [0.15, 0.2) is 0 Å². The Balaban J connectivity index is 2.21. The summed E-state index contributed by atoms with van der Waals surface area (Å²) >= 11 is 1.17. The van der Waals surface area contributed by atoms with Gasteiger partial charge in [-0.3, -0.25) is 4.79 Å². The highest BCUT2D eigenvalue weighted by atomic mass is 32.1. The van der Waals surface area contributed by atoms with Crippen molar-refractivity contribution in [2.45, 2.75) is 40.2 Å². The van der Waals surface area contributed by atoms with Gasteiger partial charge in [-0.25, -0.2) is 9.97 Å². The molecular weight excluding hydrogens is 286 g/mol. The molecule has 0 radical (unpaired) electrons. The number of hydrogen-bond acceptors (Lipinski definition) is 6. The van der Waals surface area contributed by atoms with Gasteiger partial charge in [0.1, 0.15) is 17.5 Å². The van der Waals surface area contributed by atoms with E-state index in [2.05, 4.69) is 32.5 Å². The fourth-order valence-corrected chi connectivity index (χ4v) is 2.57. The van der Waals surface area contributed by atoms with Gasteiger partial charge in [-0.2, -0.15) is 0 Å². The second kappa shape index (κ2) is 7.21. The molecule has 0 atom stereocenters. The summed E-state index contributed by atoms with van der Waals surface area (Å²) in [5.41, 5.74) is 1.86. The molecule has 3 N–H and O–H groups in total. The molecule has 0 aliphatic heterocycles. The number of nitrogens with zero attached hydrogens (tertiary/aromatic N) is 2. The van der Waals surface area contributed by atoms with E-state index in [4.69, 9.17) is 0 Å². The summed E-state index contributed by atoms with van der Waals surface area (Å²) in [6, 6.07) is 0. The van der Waals surface area contributed by atoms with Crippen LogP contribution in [-0.4, -0.2) is 21.5 Å². The number of nitrogens with one attached hydrogen (secondary N) is 3. The number of aryl methyl sites for hydroxylation is 1. The summed E-state index contributed by atoms with van der Waals surface area (Å²) in [6.45, 7) is 7.52. The van der Waals surface area contributed by atoms with Crippen LogP contribution in [-0.2, 0) is 13.0 Å². The molecule has 21 heavy (non-hydrogen) atoms. The molecule has 0 saturated heterocycles. The molecule has 0 fully saturated rings. The Hall–Kier alpha value is -1.89. The molecule has 114 valence electrons. The molecule has 0 aliphatic carbocycles. The van der Waals surface area contributed by atoms with Gasteiger partial charge in [0.05, 0.1) is 6.54 Å². The number of aromatic amines is 1. The van der Waals surface area contributed by atoms with Crippen molar-refractivity contribution >= 4 is 23.0 Å². The quantitative estimate of drug-likeness (QED) is 0.732. The van der Waals surface area contributed by atoms with E-state index in [0.29, 0.717) is 6.54 Å². The number of hydrogen-bond donors (Lipinski definition) is 3. The minimum atomic E-state index is -0.0359. The van der Waals surface area contributed by atoms with Gasteiger partial charge >= 0.3 is 4.87 Å².